The quantitative estimate of drug-likeness (QED) is 0.446. The molecule has 0 aliphatic carbocycles. The van der Waals surface area contributed by atoms with E-state index >= 15 is 0 Å². The van der Waals surface area contributed by atoms with Gasteiger partial charge in [-0.3, -0.25) is 0 Å². The first-order valence-electron chi connectivity index (χ1n) is 7.74. The lowest BCUT2D eigenvalue weighted by Crippen LogP contribution is -1.93. The molecule has 18 heavy (non-hydrogen) atoms. The fourth-order valence-corrected chi connectivity index (χ4v) is 0. The number of unbranched alkanes of at least 4 members (excludes halogenated alkanes) is 1. The molecule has 0 aromatic rings. The molecule has 0 saturated heterocycles. The summed E-state index contributed by atoms with van der Waals surface area (Å²) >= 11 is 0. The molecule has 0 atom stereocenters. The van der Waals surface area contributed by atoms with E-state index < -0.39 is 0 Å². The summed E-state index contributed by atoms with van der Waals surface area (Å²) < 4.78 is 0. The highest BCUT2D eigenvalue weighted by atomic mass is 14.0. The molecule has 0 unspecified atom stereocenters. The number of hydrogen-bond acceptors (Lipinski definition) is 0. The van der Waals surface area contributed by atoms with Crippen molar-refractivity contribution in [2.24, 2.45) is 5.41 Å². The van der Waals surface area contributed by atoms with E-state index in [4.69, 9.17) is 0 Å². The van der Waals surface area contributed by atoms with Gasteiger partial charge in [0.15, 0.2) is 0 Å². The zero-order valence-corrected chi connectivity index (χ0v) is 15.3. The van der Waals surface area contributed by atoms with Crippen LogP contribution in [0.15, 0.2) is 0 Å². The lowest BCUT2D eigenvalue weighted by molar-refractivity contribution is 0.469. The molecule has 0 spiro atoms. The minimum Gasteiger partial charge on any atom is -0.0776 e. The normalized spacial score (nSPS) is 7.33. The van der Waals surface area contributed by atoms with Crippen molar-refractivity contribution in [3.8, 4) is 0 Å². The third kappa shape index (κ3) is 3600. The van der Waals surface area contributed by atoms with Gasteiger partial charge in [-0.05, 0) is 5.41 Å². The van der Waals surface area contributed by atoms with Crippen LogP contribution in [0.25, 0.3) is 0 Å². The smallest absolute Gasteiger partial charge is 0.0411 e. The largest absolute Gasteiger partial charge is 0.0776 e. The van der Waals surface area contributed by atoms with Crippen LogP contribution < -0.4 is 0 Å². The zero-order valence-electron chi connectivity index (χ0n) is 15.3. The van der Waals surface area contributed by atoms with Crippen LogP contribution >= 0.6 is 0 Å². The van der Waals surface area contributed by atoms with Crippen molar-refractivity contribution in [1.82, 2.24) is 0 Å². The van der Waals surface area contributed by atoms with Gasteiger partial charge in [-0.25, -0.2) is 0 Å². The van der Waals surface area contributed by atoms with Gasteiger partial charge in [-0.1, -0.05) is 116 Å². The highest BCUT2D eigenvalue weighted by Gasteiger charge is 1.95. The van der Waals surface area contributed by atoms with E-state index in [2.05, 4.69) is 69.2 Å². The van der Waals surface area contributed by atoms with Crippen LogP contribution in [0.5, 0.6) is 0 Å². The van der Waals surface area contributed by atoms with E-state index in [1.54, 1.807) is 0 Å². The summed E-state index contributed by atoms with van der Waals surface area (Å²) in [6.07, 6.45) is 5.14. The molecule has 0 amide bonds. The summed E-state index contributed by atoms with van der Waals surface area (Å²) in [6, 6.07) is 0. The van der Waals surface area contributed by atoms with Crippen LogP contribution in [0.3, 0.4) is 0 Å². The third-order valence-electron chi connectivity index (χ3n) is 0.500. The van der Waals surface area contributed by atoms with Crippen molar-refractivity contribution in [3.05, 3.63) is 0 Å². The summed E-state index contributed by atoms with van der Waals surface area (Å²) in [7, 11) is 0. The summed E-state index contributed by atoms with van der Waals surface area (Å²) in [4.78, 5) is 0. The van der Waals surface area contributed by atoms with E-state index in [9.17, 15) is 0 Å². The number of hydrogen-bond donors (Lipinski definition) is 0. The van der Waals surface area contributed by atoms with Crippen LogP contribution in [-0.2, 0) is 0 Å². The van der Waals surface area contributed by atoms with Crippen molar-refractivity contribution < 1.29 is 0 Å². The second kappa shape index (κ2) is 43.5. The van der Waals surface area contributed by atoms with E-state index in [0.29, 0.717) is 5.41 Å². The monoisotopic (exact) mass is 264 g/mol. The molecule has 0 aliphatic rings. The number of rotatable bonds is 1. The molecule has 120 valence electrons. The topological polar surface area (TPSA) is 0 Å². The van der Waals surface area contributed by atoms with Gasteiger partial charge in [0.2, 0.25) is 0 Å². The van der Waals surface area contributed by atoms with Gasteiger partial charge < -0.3 is 0 Å². The molecule has 0 fully saturated rings. The molecule has 0 aromatic carbocycles. The molecule has 0 saturated carbocycles. The second-order valence-corrected chi connectivity index (χ2v) is 5.41. The zero-order chi connectivity index (χ0) is 15.3. The SMILES string of the molecule is C.CC.CC(C)(C)C.CCC.CCC.CCCC. The fraction of sp³-hybridized carbons (Fsp3) is 1.00. The van der Waals surface area contributed by atoms with Crippen LogP contribution in [0.1, 0.15) is 116 Å². The second-order valence-electron chi connectivity index (χ2n) is 5.41. The Hall–Kier alpha value is 0. The van der Waals surface area contributed by atoms with Gasteiger partial charge in [0.1, 0.15) is 0 Å². The average Bonchev–Trinajstić information content (AvgIpc) is 2.20. The Morgan fingerprint density at radius 3 is 0.611 bits per heavy atom. The van der Waals surface area contributed by atoms with Crippen LogP contribution in [0, 0.1) is 5.41 Å². The summed E-state index contributed by atoms with van der Waals surface area (Å²) in [5.74, 6) is 0. The van der Waals surface area contributed by atoms with E-state index in [-0.39, 0.29) is 7.43 Å². The average molecular weight is 265 g/mol. The first-order valence-corrected chi connectivity index (χ1v) is 7.74. The van der Waals surface area contributed by atoms with Gasteiger partial charge in [0, 0.05) is 0 Å². The van der Waals surface area contributed by atoms with Crippen molar-refractivity contribution in [1.29, 1.82) is 0 Å². The Labute approximate surface area is 122 Å². The Balaban J connectivity index is -0.0000000255. The van der Waals surface area contributed by atoms with Gasteiger partial charge in [0.25, 0.3) is 0 Å². The van der Waals surface area contributed by atoms with E-state index in [1.165, 1.54) is 25.7 Å². The minimum absolute atomic E-state index is 0. The van der Waals surface area contributed by atoms with Crippen molar-refractivity contribution in [3.63, 3.8) is 0 Å². The molecule has 0 aromatic heterocycles. The summed E-state index contributed by atoms with van der Waals surface area (Å²) in [5, 5.41) is 0. The van der Waals surface area contributed by atoms with Gasteiger partial charge in [0.05, 0.1) is 0 Å². The molecular weight excluding hydrogens is 216 g/mol. The summed E-state index contributed by atoms with van der Waals surface area (Å²) in [6.45, 7) is 25.6. The van der Waals surface area contributed by atoms with Gasteiger partial charge in [-0.2, -0.15) is 0 Å². The van der Waals surface area contributed by atoms with Crippen molar-refractivity contribution in [2.45, 2.75) is 116 Å². The highest BCUT2D eigenvalue weighted by Crippen LogP contribution is 2.08. The predicted molar refractivity (Wildman–Crippen MR) is 95.7 cm³/mol. The highest BCUT2D eigenvalue weighted by molar-refractivity contribution is 4.47. The van der Waals surface area contributed by atoms with E-state index in [0.717, 1.165) is 0 Å². The van der Waals surface area contributed by atoms with Crippen LogP contribution in [0.4, 0.5) is 0 Å². The third-order valence-corrected chi connectivity index (χ3v) is 0.500. The Bertz CT molecular complexity index is 46.9. The van der Waals surface area contributed by atoms with Gasteiger partial charge >= 0.3 is 0 Å². The first kappa shape index (κ1) is 36.1. The molecular formula is C18H48. The van der Waals surface area contributed by atoms with Crippen LogP contribution in [-0.4, -0.2) is 0 Å². The van der Waals surface area contributed by atoms with Crippen LogP contribution in [0.2, 0.25) is 0 Å². The fourth-order valence-electron chi connectivity index (χ4n) is 0. The van der Waals surface area contributed by atoms with Crippen molar-refractivity contribution >= 4 is 0 Å². The maximum absolute atomic E-state index is 2.19. The minimum atomic E-state index is 0. The Morgan fingerprint density at radius 2 is 0.611 bits per heavy atom. The molecule has 0 N–H and O–H groups in total. The first-order chi connectivity index (χ1) is 7.74. The molecule has 0 bridgehead atoms. The summed E-state index contributed by atoms with van der Waals surface area (Å²) in [5.41, 5.74) is 0.500. The molecule has 0 aliphatic heterocycles. The maximum Gasteiger partial charge on any atom is -0.0411 e. The Morgan fingerprint density at radius 1 is 0.556 bits per heavy atom. The van der Waals surface area contributed by atoms with E-state index in [1.807, 2.05) is 13.8 Å². The standard InChI is InChI=1S/C5H12.C4H10.2C3H8.C2H6.CH4/c1-5(2,3)4;1-3-4-2;2*1-3-2;1-2;/h1-4H3;3-4H2,1-2H3;2*3H2,1-2H3;1-2H3;1H4. The Kier molecular flexibility index (Phi) is 87.3. The molecule has 0 heterocycles. The lowest BCUT2D eigenvalue weighted by atomic mass is 10.0. The lowest BCUT2D eigenvalue weighted by Gasteiger charge is -2.05. The predicted octanol–water partition coefficient (Wildman–Crippen LogP) is 8.35. The molecule has 0 radical (unpaired) electrons. The van der Waals surface area contributed by atoms with Crippen molar-refractivity contribution in [2.75, 3.05) is 0 Å². The molecule has 0 nitrogen and oxygen atoms in total. The molecule has 0 heteroatoms. The maximum atomic E-state index is 2.19. The molecule has 0 rings (SSSR count). The van der Waals surface area contributed by atoms with Gasteiger partial charge in [-0.15, -0.1) is 0 Å².